The van der Waals surface area contributed by atoms with Crippen molar-refractivity contribution in [2.24, 2.45) is 5.73 Å². The largest absolute Gasteiger partial charge is 0.475 e. The highest BCUT2D eigenvalue weighted by molar-refractivity contribution is 5.92. The zero-order valence-electron chi connectivity index (χ0n) is 7.82. The number of rotatable bonds is 1. The van der Waals surface area contributed by atoms with Gasteiger partial charge in [-0.25, -0.2) is 4.79 Å². The van der Waals surface area contributed by atoms with Crippen LogP contribution in [0.25, 0.3) is 0 Å². The van der Waals surface area contributed by atoms with Crippen LogP contribution in [-0.2, 0) is 11.2 Å². The van der Waals surface area contributed by atoms with E-state index in [4.69, 9.17) is 10.5 Å². The van der Waals surface area contributed by atoms with Crippen molar-refractivity contribution in [2.75, 3.05) is 7.11 Å². The molecule has 0 aliphatic carbocycles. The molecule has 0 bridgehead atoms. The second-order valence-electron chi connectivity index (χ2n) is 3.13. The Morgan fingerprint density at radius 3 is 3.14 bits per heavy atom. The summed E-state index contributed by atoms with van der Waals surface area (Å²) in [4.78, 5) is 11.4. The number of nitrogens with two attached hydrogens (primary N) is 1. The maximum absolute atomic E-state index is 11.4. The van der Waals surface area contributed by atoms with E-state index in [1.165, 1.54) is 7.11 Å². The van der Waals surface area contributed by atoms with Crippen molar-refractivity contribution < 1.29 is 14.3 Å². The van der Waals surface area contributed by atoms with Gasteiger partial charge in [0, 0.05) is 12.0 Å². The summed E-state index contributed by atoms with van der Waals surface area (Å²) in [6.45, 7) is 0. The molecule has 1 atom stereocenters. The second kappa shape index (κ2) is 3.31. The number of methoxy groups -OCH3 is 1. The van der Waals surface area contributed by atoms with Crippen LogP contribution in [0, 0.1) is 0 Å². The standard InChI is InChI=1S/C10H11NO3/c1-13-10(12)6-3-2-4-8-7(6)5-9(11)14-8/h2-4,9H,5,11H2,1H3. The zero-order chi connectivity index (χ0) is 10.1. The van der Waals surface area contributed by atoms with Crippen molar-refractivity contribution >= 4 is 5.97 Å². The number of carbonyl (C=O) groups is 1. The van der Waals surface area contributed by atoms with Gasteiger partial charge in [0.2, 0.25) is 0 Å². The van der Waals surface area contributed by atoms with Crippen LogP contribution in [0.2, 0.25) is 0 Å². The fourth-order valence-corrected chi connectivity index (χ4v) is 1.59. The first-order valence-corrected chi connectivity index (χ1v) is 4.35. The van der Waals surface area contributed by atoms with E-state index in [2.05, 4.69) is 4.74 Å². The van der Waals surface area contributed by atoms with Gasteiger partial charge in [-0.05, 0) is 12.1 Å². The van der Waals surface area contributed by atoms with Crippen molar-refractivity contribution in [3.05, 3.63) is 29.3 Å². The van der Waals surface area contributed by atoms with Gasteiger partial charge in [-0.3, -0.25) is 5.73 Å². The molecule has 74 valence electrons. The monoisotopic (exact) mass is 193 g/mol. The molecule has 1 aliphatic heterocycles. The van der Waals surface area contributed by atoms with Crippen LogP contribution in [0.4, 0.5) is 0 Å². The van der Waals surface area contributed by atoms with Crippen molar-refractivity contribution in [1.82, 2.24) is 0 Å². The summed E-state index contributed by atoms with van der Waals surface area (Å²) in [5, 5.41) is 0. The summed E-state index contributed by atoms with van der Waals surface area (Å²) in [6, 6.07) is 5.27. The Kier molecular flexibility index (Phi) is 2.13. The molecule has 0 fully saturated rings. The summed E-state index contributed by atoms with van der Waals surface area (Å²) >= 11 is 0. The molecule has 1 aromatic carbocycles. The molecule has 0 spiro atoms. The zero-order valence-corrected chi connectivity index (χ0v) is 7.82. The van der Waals surface area contributed by atoms with Crippen molar-refractivity contribution in [1.29, 1.82) is 0 Å². The number of hydrogen-bond donors (Lipinski definition) is 1. The molecule has 1 heterocycles. The third-order valence-corrected chi connectivity index (χ3v) is 2.22. The summed E-state index contributed by atoms with van der Waals surface area (Å²) in [5.74, 6) is 0.333. The van der Waals surface area contributed by atoms with Crippen molar-refractivity contribution in [3.8, 4) is 5.75 Å². The minimum absolute atomic E-state index is 0.348. The number of carbonyl (C=O) groups excluding carboxylic acids is 1. The third kappa shape index (κ3) is 1.33. The van der Waals surface area contributed by atoms with Gasteiger partial charge in [-0.2, -0.15) is 0 Å². The summed E-state index contributed by atoms with van der Waals surface area (Å²) < 4.78 is 9.97. The quantitative estimate of drug-likeness (QED) is 0.667. The van der Waals surface area contributed by atoms with E-state index < -0.39 is 0 Å². The van der Waals surface area contributed by atoms with Crippen molar-refractivity contribution in [3.63, 3.8) is 0 Å². The van der Waals surface area contributed by atoms with Crippen LogP contribution in [0.5, 0.6) is 5.75 Å². The molecule has 0 aromatic heterocycles. The molecule has 4 heteroatoms. The molecule has 1 unspecified atom stereocenters. The normalized spacial score (nSPS) is 18.6. The number of ether oxygens (including phenoxy) is 2. The van der Waals surface area contributed by atoms with E-state index in [1.807, 2.05) is 0 Å². The molecule has 4 nitrogen and oxygen atoms in total. The average molecular weight is 193 g/mol. The number of hydrogen-bond acceptors (Lipinski definition) is 4. The van der Waals surface area contributed by atoms with Crippen LogP contribution in [0.3, 0.4) is 0 Å². The lowest BCUT2D eigenvalue weighted by Crippen LogP contribution is -2.24. The molecule has 14 heavy (non-hydrogen) atoms. The minimum Gasteiger partial charge on any atom is -0.475 e. The van der Waals surface area contributed by atoms with E-state index in [0.29, 0.717) is 17.7 Å². The minimum atomic E-state index is -0.351. The van der Waals surface area contributed by atoms with E-state index in [0.717, 1.165) is 5.56 Å². The Balaban J connectivity index is 2.44. The highest BCUT2D eigenvalue weighted by Gasteiger charge is 2.25. The summed E-state index contributed by atoms with van der Waals surface area (Å²) in [6.07, 6.45) is 0.205. The highest BCUT2D eigenvalue weighted by Crippen LogP contribution is 2.30. The second-order valence-corrected chi connectivity index (χ2v) is 3.13. The van der Waals surface area contributed by atoms with Gasteiger partial charge in [0.1, 0.15) is 5.75 Å². The van der Waals surface area contributed by atoms with Gasteiger partial charge in [-0.1, -0.05) is 6.07 Å². The molecule has 0 saturated heterocycles. The van der Waals surface area contributed by atoms with Gasteiger partial charge in [0.05, 0.1) is 12.7 Å². The lowest BCUT2D eigenvalue weighted by Gasteiger charge is -2.03. The van der Waals surface area contributed by atoms with E-state index in [1.54, 1.807) is 18.2 Å². The summed E-state index contributed by atoms with van der Waals surface area (Å²) in [5.41, 5.74) is 7.00. The lowest BCUT2D eigenvalue weighted by molar-refractivity contribution is 0.0599. The van der Waals surface area contributed by atoms with Crippen LogP contribution < -0.4 is 10.5 Å². The topological polar surface area (TPSA) is 61.5 Å². The molecule has 0 saturated carbocycles. The Morgan fingerprint density at radius 2 is 2.43 bits per heavy atom. The van der Waals surface area contributed by atoms with Gasteiger partial charge in [0.15, 0.2) is 6.23 Å². The molecule has 1 aromatic rings. The van der Waals surface area contributed by atoms with Gasteiger partial charge >= 0.3 is 5.97 Å². The number of esters is 1. The summed E-state index contributed by atoms with van der Waals surface area (Å²) in [7, 11) is 1.36. The van der Waals surface area contributed by atoms with Crippen LogP contribution in [0.15, 0.2) is 18.2 Å². The first-order chi connectivity index (χ1) is 6.72. The first kappa shape index (κ1) is 9.02. The van der Waals surface area contributed by atoms with Gasteiger partial charge in [-0.15, -0.1) is 0 Å². The van der Waals surface area contributed by atoms with Gasteiger partial charge in [0.25, 0.3) is 0 Å². The molecule has 2 rings (SSSR count). The van der Waals surface area contributed by atoms with E-state index >= 15 is 0 Å². The Labute approximate surface area is 81.6 Å². The highest BCUT2D eigenvalue weighted by atomic mass is 16.5. The van der Waals surface area contributed by atoms with Crippen LogP contribution >= 0.6 is 0 Å². The third-order valence-electron chi connectivity index (χ3n) is 2.22. The molecular formula is C10H11NO3. The average Bonchev–Trinajstić information content (AvgIpc) is 2.56. The maximum atomic E-state index is 11.4. The fourth-order valence-electron chi connectivity index (χ4n) is 1.59. The fraction of sp³-hybridized carbons (Fsp3) is 0.300. The Morgan fingerprint density at radius 1 is 1.64 bits per heavy atom. The van der Waals surface area contributed by atoms with Crippen LogP contribution in [0.1, 0.15) is 15.9 Å². The Bertz CT molecular complexity index is 376. The predicted octanol–water partition coefficient (Wildman–Crippen LogP) is 0.693. The number of fused-ring (bicyclic) bond motifs is 1. The van der Waals surface area contributed by atoms with E-state index in [9.17, 15) is 4.79 Å². The van der Waals surface area contributed by atoms with Crippen molar-refractivity contribution in [2.45, 2.75) is 12.6 Å². The Hall–Kier alpha value is -1.55. The number of benzene rings is 1. The first-order valence-electron chi connectivity index (χ1n) is 4.35. The predicted molar refractivity (Wildman–Crippen MR) is 50.1 cm³/mol. The molecular weight excluding hydrogens is 182 g/mol. The molecule has 0 amide bonds. The van der Waals surface area contributed by atoms with E-state index in [-0.39, 0.29) is 12.2 Å². The lowest BCUT2D eigenvalue weighted by atomic mass is 10.0. The smallest absolute Gasteiger partial charge is 0.338 e. The van der Waals surface area contributed by atoms with Gasteiger partial charge < -0.3 is 9.47 Å². The molecule has 2 N–H and O–H groups in total. The SMILES string of the molecule is COC(=O)c1cccc2c1CC(N)O2. The van der Waals surface area contributed by atoms with Crippen LogP contribution in [-0.4, -0.2) is 19.3 Å². The molecule has 0 radical (unpaired) electrons. The molecule has 1 aliphatic rings. The maximum Gasteiger partial charge on any atom is 0.338 e.